The second kappa shape index (κ2) is 8.59. The number of pyridine rings is 2. The zero-order chi connectivity index (χ0) is 26.9. The summed E-state index contributed by atoms with van der Waals surface area (Å²) in [6.45, 7) is 5.46. The van der Waals surface area contributed by atoms with Crippen LogP contribution in [0.4, 0.5) is 4.39 Å². The minimum absolute atomic E-state index is 0.0412. The van der Waals surface area contributed by atoms with E-state index in [-0.39, 0.29) is 61.1 Å². The van der Waals surface area contributed by atoms with Crippen LogP contribution in [0.1, 0.15) is 66.5 Å². The zero-order valence-corrected chi connectivity index (χ0v) is 21.4. The maximum Gasteiger partial charge on any atom is 0.343 e. The molecule has 3 aliphatic rings. The molecule has 1 aromatic carbocycles. The number of aromatic nitrogens is 2. The minimum Gasteiger partial charge on any atom is -0.466 e. The Morgan fingerprint density at radius 3 is 2.76 bits per heavy atom. The van der Waals surface area contributed by atoms with E-state index in [4.69, 9.17) is 14.5 Å². The number of cyclic esters (lactones) is 1. The molecular formula is C29H27FN2O6. The number of fused-ring (bicyclic) bond motifs is 5. The van der Waals surface area contributed by atoms with E-state index >= 15 is 0 Å². The Hall–Kier alpha value is -3.85. The number of carbonyl (C=O) groups is 2. The van der Waals surface area contributed by atoms with Crippen molar-refractivity contribution in [2.75, 3.05) is 6.61 Å². The van der Waals surface area contributed by atoms with Crippen molar-refractivity contribution in [3.8, 4) is 11.4 Å². The lowest BCUT2D eigenvalue weighted by atomic mass is 9.81. The van der Waals surface area contributed by atoms with E-state index in [0.29, 0.717) is 35.3 Å². The molecule has 0 amide bonds. The first-order valence-corrected chi connectivity index (χ1v) is 12.9. The summed E-state index contributed by atoms with van der Waals surface area (Å²) in [7, 11) is 0. The van der Waals surface area contributed by atoms with Crippen molar-refractivity contribution in [2.24, 2.45) is 0 Å². The molecule has 0 radical (unpaired) electrons. The van der Waals surface area contributed by atoms with Crippen molar-refractivity contribution in [1.29, 1.82) is 0 Å². The van der Waals surface area contributed by atoms with Gasteiger partial charge in [-0.05, 0) is 61.4 Å². The van der Waals surface area contributed by atoms with Gasteiger partial charge in [0.1, 0.15) is 12.4 Å². The highest BCUT2D eigenvalue weighted by Gasteiger charge is 2.45. The molecule has 1 N–H and O–H groups in total. The van der Waals surface area contributed by atoms with E-state index in [9.17, 15) is 23.9 Å². The van der Waals surface area contributed by atoms with Crippen molar-refractivity contribution >= 4 is 28.4 Å². The van der Waals surface area contributed by atoms with Crippen molar-refractivity contribution < 1.29 is 28.6 Å². The van der Waals surface area contributed by atoms with E-state index in [2.05, 4.69) is 0 Å². The molecule has 9 heteroatoms. The molecule has 8 nitrogen and oxygen atoms in total. The Labute approximate surface area is 217 Å². The third-order valence-electron chi connectivity index (χ3n) is 8.09. The highest BCUT2D eigenvalue weighted by molar-refractivity contribution is 6.01. The van der Waals surface area contributed by atoms with Crippen LogP contribution in [0.2, 0.25) is 0 Å². The summed E-state index contributed by atoms with van der Waals surface area (Å²) >= 11 is 0. The Kier molecular flexibility index (Phi) is 5.54. The molecule has 0 bridgehead atoms. The summed E-state index contributed by atoms with van der Waals surface area (Å²) < 4.78 is 26.8. The predicted octanol–water partition coefficient (Wildman–Crippen LogP) is 3.81. The van der Waals surface area contributed by atoms with Gasteiger partial charge in [-0.1, -0.05) is 13.0 Å². The highest BCUT2D eigenvalue weighted by Crippen LogP contribution is 2.46. The maximum atomic E-state index is 15.0. The van der Waals surface area contributed by atoms with E-state index in [1.807, 2.05) is 6.08 Å². The largest absolute Gasteiger partial charge is 0.466 e. The van der Waals surface area contributed by atoms with Crippen molar-refractivity contribution in [1.82, 2.24) is 9.55 Å². The van der Waals surface area contributed by atoms with Gasteiger partial charge in [-0.2, -0.15) is 0 Å². The van der Waals surface area contributed by atoms with Crippen molar-refractivity contribution in [2.45, 2.75) is 65.2 Å². The van der Waals surface area contributed by atoms with E-state index in [1.165, 1.54) is 6.07 Å². The summed E-state index contributed by atoms with van der Waals surface area (Å²) in [6.07, 6.45) is 3.20. The Morgan fingerprint density at radius 2 is 2.03 bits per heavy atom. The zero-order valence-electron chi connectivity index (χ0n) is 21.4. The normalized spacial score (nSPS) is 20.2. The van der Waals surface area contributed by atoms with Crippen LogP contribution in [0.3, 0.4) is 0 Å². The number of hydrogen-bond donors (Lipinski definition) is 1. The summed E-state index contributed by atoms with van der Waals surface area (Å²) in [4.78, 5) is 43.1. The summed E-state index contributed by atoms with van der Waals surface area (Å²) in [6, 6.07) is 3.06. The van der Waals surface area contributed by atoms with E-state index in [1.54, 1.807) is 31.4 Å². The van der Waals surface area contributed by atoms with E-state index in [0.717, 1.165) is 27.6 Å². The van der Waals surface area contributed by atoms with Gasteiger partial charge in [0.25, 0.3) is 5.56 Å². The van der Waals surface area contributed by atoms with Gasteiger partial charge in [0, 0.05) is 22.6 Å². The molecule has 2 aromatic heterocycles. The van der Waals surface area contributed by atoms with E-state index < -0.39 is 11.6 Å². The van der Waals surface area contributed by atoms with Crippen LogP contribution < -0.4 is 5.56 Å². The quantitative estimate of drug-likeness (QED) is 0.410. The fourth-order valence-corrected chi connectivity index (χ4v) is 6.07. The highest BCUT2D eigenvalue weighted by atomic mass is 19.1. The van der Waals surface area contributed by atoms with Crippen molar-refractivity contribution in [3.05, 3.63) is 67.8 Å². The first-order chi connectivity index (χ1) is 18.2. The number of aliphatic hydroxyl groups is 1. The maximum absolute atomic E-state index is 15.0. The smallest absolute Gasteiger partial charge is 0.343 e. The summed E-state index contributed by atoms with van der Waals surface area (Å²) in [5, 5.41) is 12.0. The van der Waals surface area contributed by atoms with Crippen LogP contribution in [0.5, 0.6) is 0 Å². The van der Waals surface area contributed by atoms with Crippen LogP contribution in [0.25, 0.3) is 27.9 Å². The molecule has 0 saturated heterocycles. The van der Waals surface area contributed by atoms with Gasteiger partial charge in [-0.3, -0.25) is 9.59 Å². The molecule has 1 atom stereocenters. The average Bonchev–Trinajstić information content (AvgIpc) is 3.27. The number of esters is 2. The fourth-order valence-electron chi connectivity index (χ4n) is 6.07. The molecule has 0 saturated carbocycles. The first kappa shape index (κ1) is 24.5. The molecule has 196 valence electrons. The van der Waals surface area contributed by atoms with Gasteiger partial charge in [0.2, 0.25) is 0 Å². The first-order valence-electron chi connectivity index (χ1n) is 12.9. The summed E-state index contributed by atoms with van der Waals surface area (Å²) in [5.41, 5.74) is 3.62. The van der Waals surface area contributed by atoms with Crippen LogP contribution in [0, 0.1) is 12.7 Å². The van der Waals surface area contributed by atoms with Gasteiger partial charge in [0.15, 0.2) is 5.60 Å². The average molecular weight is 519 g/mol. The van der Waals surface area contributed by atoms with Gasteiger partial charge >= 0.3 is 11.9 Å². The lowest BCUT2D eigenvalue weighted by molar-refractivity contribution is -0.172. The van der Waals surface area contributed by atoms with Gasteiger partial charge < -0.3 is 19.1 Å². The third-order valence-corrected chi connectivity index (χ3v) is 8.09. The number of aryl methyl sites for hydroxylation is 1. The van der Waals surface area contributed by atoms with Gasteiger partial charge in [-0.15, -0.1) is 0 Å². The molecule has 3 aromatic rings. The second-order valence-electron chi connectivity index (χ2n) is 10.0. The number of halogens is 1. The number of hydrogen-bond acceptors (Lipinski definition) is 7. The lowest BCUT2D eigenvalue weighted by Crippen LogP contribution is -2.44. The molecule has 38 heavy (non-hydrogen) atoms. The third kappa shape index (κ3) is 3.31. The van der Waals surface area contributed by atoms with Crippen LogP contribution in [-0.2, 0) is 44.2 Å². The SMILES string of the molecule is CCOC(=O)C/C=C1\CCc2c(C)c(F)cc3nc4c(c1c23)Cn1c-4cc2c(c1=O)COC(=O)[C@]2(O)CC. The van der Waals surface area contributed by atoms with Crippen molar-refractivity contribution in [3.63, 3.8) is 0 Å². The Bertz CT molecular complexity index is 1670. The second-order valence-corrected chi connectivity index (χ2v) is 10.0. The number of ether oxygens (including phenoxy) is 2. The fraction of sp³-hybridized carbons (Fsp3) is 0.379. The molecule has 2 aliphatic heterocycles. The minimum atomic E-state index is -1.93. The monoisotopic (exact) mass is 518 g/mol. The number of benzene rings is 1. The Morgan fingerprint density at radius 1 is 1.24 bits per heavy atom. The molecule has 4 heterocycles. The topological polar surface area (TPSA) is 108 Å². The van der Waals surface area contributed by atoms with Crippen LogP contribution in [-0.4, -0.2) is 33.2 Å². The molecule has 0 unspecified atom stereocenters. The molecule has 6 rings (SSSR count). The standard InChI is InChI=1S/C29H27FN2O6/c1-4-29(36)19-10-22-26-17(12-32(22)27(34)18(19)13-38-28(29)35)24-15(7-9-23(33)37-5-2)6-8-16-14(3)20(30)11-21(31-26)25(16)24/h7,10-11,36H,4-6,8-9,12-13H2,1-3H3/b15-7+/t29-/m0/s1. The Balaban J connectivity index is 1.63. The molecule has 0 fully saturated rings. The molecular weight excluding hydrogens is 491 g/mol. The number of allylic oxidation sites excluding steroid dienone is 1. The summed E-state index contributed by atoms with van der Waals surface area (Å²) in [5.74, 6) is -1.48. The predicted molar refractivity (Wildman–Crippen MR) is 137 cm³/mol. The van der Waals surface area contributed by atoms with Crippen LogP contribution in [0.15, 0.2) is 23.0 Å². The number of carbonyl (C=O) groups excluding carboxylic acids is 2. The number of rotatable bonds is 4. The molecule has 0 spiro atoms. The number of nitrogens with zero attached hydrogens (tertiary/aromatic N) is 2. The van der Waals surface area contributed by atoms with Gasteiger partial charge in [0.05, 0.1) is 42.0 Å². The molecule has 1 aliphatic carbocycles. The van der Waals surface area contributed by atoms with Crippen LogP contribution >= 0.6 is 0 Å². The van der Waals surface area contributed by atoms with Gasteiger partial charge in [-0.25, -0.2) is 14.2 Å². The lowest BCUT2D eigenvalue weighted by Gasteiger charge is -2.31.